The van der Waals surface area contributed by atoms with Crippen LogP contribution in [0.2, 0.25) is 0 Å². The standard InChI is InChI=1S/C25H34O2/c1-3-5-6-7-8-9-10-11-12-13-16-20-25(19-4-2)23(26)21-17-14-15-18-22(21)24(25)27/h4,13-18H,2-3,5-12,19-20H2,1H3/b16-13+. The zero-order valence-electron chi connectivity index (χ0n) is 16.8. The quantitative estimate of drug-likeness (QED) is 0.212. The van der Waals surface area contributed by atoms with Crippen LogP contribution in [-0.4, -0.2) is 11.6 Å². The van der Waals surface area contributed by atoms with Crippen molar-refractivity contribution >= 4 is 11.6 Å². The van der Waals surface area contributed by atoms with Crippen molar-refractivity contribution in [2.24, 2.45) is 5.41 Å². The molecule has 1 aromatic rings. The van der Waals surface area contributed by atoms with Gasteiger partial charge in [-0.15, -0.1) is 6.58 Å². The van der Waals surface area contributed by atoms with E-state index in [4.69, 9.17) is 0 Å². The number of hydrogen-bond donors (Lipinski definition) is 0. The average Bonchev–Trinajstić information content (AvgIpc) is 2.89. The van der Waals surface area contributed by atoms with E-state index in [1.807, 2.05) is 18.2 Å². The van der Waals surface area contributed by atoms with E-state index in [0.29, 0.717) is 24.0 Å². The molecule has 0 atom stereocenters. The molecule has 2 rings (SSSR count). The topological polar surface area (TPSA) is 34.1 Å². The molecule has 0 fully saturated rings. The van der Waals surface area contributed by atoms with Crippen LogP contribution in [0, 0.1) is 5.41 Å². The summed E-state index contributed by atoms with van der Waals surface area (Å²) in [6.07, 6.45) is 18.3. The Morgan fingerprint density at radius 1 is 0.815 bits per heavy atom. The second-order valence-electron chi connectivity index (χ2n) is 7.72. The van der Waals surface area contributed by atoms with E-state index in [1.54, 1.807) is 18.2 Å². The second kappa shape index (κ2) is 11.0. The van der Waals surface area contributed by atoms with Crippen LogP contribution in [-0.2, 0) is 0 Å². The highest BCUT2D eigenvalue weighted by Crippen LogP contribution is 2.42. The van der Waals surface area contributed by atoms with Crippen LogP contribution in [0.3, 0.4) is 0 Å². The van der Waals surface area contributed by atoms with Crippen molar-refractivity contribution in [1.29, 1.82) is 0 Å². The SMILES string of the molecule is C=CCC1(C/C=C/CCCCCCCCCC)C(=O)c2ccccc2C1=O. The molecule has 27 heavy (non-hydrogen) atoms. The van der Waals surface area contributed by atoms with Crippen LogP contribution in [0.15, 0.2) is 49.1 Å². The maximum atomic E-state index is 12.9. The fourth-order valence-electron chi connectivity index (χ4n) is 4.00. The third kappa shape index (κ3) is 5.28. The van der Waals surface area contributed by atoms with Crippen molar-refractivity contribution in [3.05, 3.63) is 60.2 Å². The predicted octanol–water partition coefficient (Wildman–Crippen LogP) is 7.11. The summed E-state index contributed by atoms with van der Waals surface area (Å²) in [4.78, 5) is 25.9. The third-order valence-corrected chi connectivity index (χ3v) is 5.64. The van der Waals surface area contributed by atoms with Crippen LogP contribution in [0.1, 0.15) is 98.3 Å². The number of benzene rings is 1. The Morgan fingerprint density at radius 3 is 1.93 bits per heavy atom. The normalized spacial score (nSPS) is 15.4. The van der Waals surface area contributed by atoms with Crippen LogP contribution in [0.5, 0.6) is 0 Å². The van der Waals surface area contributed by atoms with E-state index in [0.717, 1.165) is 6.42 Å². The molecule has 146 valence electrons. The minimum absolute atomic E-state index is 0.0419. The van der Waals surface area contributed by atoms with E-state index in [9.17, 15) is 9.59 Å². The highest BCUT2D eigenvalue weighted by Gasteiger charge is 2.50. The molecule has 2 nitrogen and oxygen atoms in total. The highest BCUT2D eigenvalue weighted by molar-refractivity contribution is 6.29. The Balaban J connectivity index is 1.80. The van der Waals surface area contributed by atoms with Gasteiger partial charge in [0.2, 0.25) is 0 Å². The molecule has 0 bridgehead atoms. The lowest BCUT2D eigenvalue weighted by Gasteiger charge is -2.22. The molecule has 0 saturated carbocycles. The summed E-state index contributed by atoms with van der Waals surface area (Å²) in [5.74, 6) is -0.0838. The zero-order valence-corrected chi connectivity index (χ0v) is 16.8. The number of carbonyl (C=O) groups is 2. The van der Waals surface area contributed by atoms with Gasteiger partial charge in [-0.25, -0.2) is 0 Å². The molecule has 0 radical (unpaired) electrons. The van der Waals surface area contributed by atoms with E-state index in [2.05, 4.69) is 19.6 Å². The van der Waals surface area contributed by atoms with Crippen LogP contribution < -0.4 is 0 Å². The smallest absolute Gasteiger partial charge is 0.178 e. The molecule has 0 N–H and O–H groups in total. The molecule has 0 unspecified atom stereocenters. The molecule has 1 aromatic carbocycles. The van der Waals surface area contributed by atoms with Gasteiger partial charge in [-0.1, -0.05) is 94.4 Å². The fourth-order valence-corrected chi connectivity index (χ4v) is 4.00. The largest absolute Gasteiger partial charge is 0.293 e. The first-order valence-corrected chi connectivity index (χ1v) is 10.6. The molecule has 0 amide bonds. The van der Waals surface area contributed by atoms with Crippen LogP contribution in [0.4, 0.5) is 0 Å². The van der Waals surface area contributed by atoms with Crippen molar-refractivity contribution in [2.75, 3.05) is 0 Å². The minimum atomic E-state index is -0.971. The number of allylic oxidation sites excluding steroid dienone is 3. The molecule has 0 spiro atoms. The van der Waals surface area contributed by atoms with Gasteiger partial charge in [0, 0.05) is 11.1 Å². The maximum Gasteiger partial charge on any atom is 0.178 e. The summed E-state index contributed by atoms with van der Waals surface area (Å²) >= 11 is 0. The van der Waals surface area contributed by atoms with Crippen LogP contribution >= 0.6 is 0 Å². The number of fused-ring (bicyclic) bond motifs is 1. The number of rotatable bonds is 13. The first kappa shape index (κ1) is 21.3. The summed E-state index contributed by atoms with van der Waals surface area (Å²) in [5, 5.41) is 0. The van der Waals surface area contributed by atoms with Crippen molar-refractivity contribution in [1.82, 2.24) is 0 Å². The summed E-state index contributed by atoms with van der Waals surface area (Å²) in [6.45, 7) is 6.02. The van der Waals surface area contributed by atoms with Gasteiger partial charge < -0.3 is 0 Å². The molecular weight excluding hydrogens is 332 g/mol. The van der Waals surface area contributed by atoms with Gasteiger partial charge in [0.25, 0.3) is 0 Å². The first-order valence-electron chi connectivity index (χ1n) is 10.6. The van der Waals surface area contributed by atoms with Gasteiger partial charge in [-0.2, -0.15) is 0 Å². The Morgan fingerprint density at radius 2 is 1.37 bits per heavy atom. The van der Waals surface area contributed by atoms with Gasteiger partial charge >= 0.3 is 0 Å². The average molecular weight is 367 g/mol. The lowest BCUT2D eigenvalue weighted by molar-refractivity contribution is 0.0703. The Bertz CT molecular complexity index is 634. The number of hydrogen-bond acceptors (Lipinski definition) is 2. The van der Waals surface area contributed by atoms with E-state index in [1.165, 1.54) is 51.4 Å². The molecule has 0 aromatic heterocycles. The molecular formula is C25H34O2. The zero-order chi connectivity index (χ0) is 19.5. The van der Waals surface area contributed by atoms with Gasteiger partial charge in [-0.3, -0.25) is 9.59 Å². The number of ketones is 2. The lowest BCUT2D eigenvalue weighted by Crippen LogP contribution is -2.32. The molecule has 2 heteroatoms. The monoisotopic (exact) mass is 366 g/mol. The Kier molecular flexibility index (Phi) is 8.71. The van der Waals surface area contributed by atoms with Crippen molar-refractivity contribution in [3.63, 3.8) is 0 Å². The first-order chi connectivity index (χ1) is 13.2. The maximum absolute atomic E-state index is 12.9. The summed E-state index contributed by atoms with van der Waals surface area (Å²) in [6, 6.07) is 7.19. The van der Waals surface area contributed by atoms with Gasteiger partial charge in [0.1, 0.15) is 5.41 Å². The number of unbranched alkanes of at least 4 members (excludes halogenated alkanes) is 8. The summed E-state index contributed by atoms with van der Waals surface area (Å²) < 4.78 is 0. The van der Waals surface area contributed by atoms with E-state index < -0.39 is 5.41 Å². The predicted molar refractivity (Wildman–Crippen MR) is 113 cm³/mol. The lowest BCUT2D eigenvalue weighted by atomic mass is 9.76. The van der Waals surface area contributed by atoms with Gasteiger partial charge in [-0.05, 0) is 25.7 Å². The molecule has 1 aliphatic carbocycles. The number of carbonyl (C=O) groups excluding carboxylic acids is 2. The highest BCUT2D eigenvalue weighted by atomic mass is 16.2. The fraction of sp³-hybridized carbons (Fsp3) is 0.520. The van der Waals surface area contributed by atoms with Gasteiger partial charge in [0.15, 0.2) is 11.6 Å². The third-order valence-electron chi connectivity index (χ3n) is 5.64. The summed E-state index contributed by atoms with van der Waals surface area (Å²) in [5.41, 5.74) is 0.169. The summed E-state index contributed by atoms with van der Waals surface area (Å²) in [7, 11) is 0. The molecule has 0 aliphatic heterocycles. The molecule has 0 heterocycles. The minimum Gasteiger partial charge on any atom is -0.293 e. The molecule has 1 aliphatic rings. The van der Waals surface area contributed by atoms with Crippen molar-refractivity contribution < 1.29 is 9.59 Å². The van der Waals surface area contributed by atoms with Crippen LogP contribution in [0.25, 0.3) is 0 Å². The number of Topliss-reactive ketones (excluding diaryl/α,β-unsaturated/α-hetero) is 2. The Labute approximate surface area is 164 Å². The van der Waals surface area contributed by atoms with E-state index in [-0.39, 0.29) is 11.6 Å². The second-order valence-corrected chi connectivity index (χ2v) is 7.72. The van der Waals surface area contributed by atoms with E-state index >= 15 is 0 Å². The Hall–Kier alpha value is -1.96. The van der Waals surface area contributed by atoms with Crippen molar-refractivity contribution in [3.8, 4) is 0 Å². The molecule has 0 saturated heterocycles. The van der Waals surface area contributed by atoms with Gasteiger partial charge in [0.05, 0.1) is 0 Å². The van der Waals surface area contributed by atoms with Crippen molar-refractivity contribution in [2.45, 2.75) is 77.6 Å².